The van der Waals surface area contributed by atoms with Crippen molar-refractivity contribution in [1.29, 1.82) is 0 Å². The smallest absolute Gasteiger partial charge is 0.145 e. The van der Waals surface area contributed by atoms with Crippen molar-refractivity contribution in [1.82, 2.24) is 9.97 Å². The van der Waals surface area contributed by atoms with E-state index >= 15 is 0 Å². The zero-order valence-corrected chi connectivity index (χ0v) is 12.3. The zero-order chi connectivity index (χ0) is 14.1. The van der Waals surface area contributed by atoms with Crippen LogP contribution in [0.1, 0.15) is 25.7 Å². The zero-order valence-electron chi connectivity index (χ0n) is 10.8. The van der Waals surface area contributed by atoms with Gasteiger partial charge in [-0.2, -0.15) is 0 Å². The Morgan fingerprint density at radius 3 is 2.55 bits per heavy atom. The second-order valence-corrected chi connectivity index (χ2v) is 5.93. The minimum absolute atomic E-state index is 0.0401. The Balaban J connectivity index is 1.87. The molecular formula is C14H15Cl2N3O. The molecule has 0 unspecified atom stereocenters. The second kappa shape index (κ2) is 5.72. The first-order chi connectivity index (χ1) is 9.63. The van der Waals surface area contributed by atoms with Gasteiger partial charge < -0.3 is 10.4 Å². The van der Waals surface area contributed by atoms with E-state index in [2.05, 4.69) is 15.3 Å². The van der Waals surface area contributed by atoms with Crippen molar-refractivity contribution in [2.45, 2.75) is 37.8 Å². The third-order valence-electron chi connectivity index (χ3n) is 3.65. The average molecular weight is 312 g/mol. The number of benzene rings is 1. The number of nitrogens with zero attached hydrogens (tertiary/aromatic N) is 2. The number of anilines is 1. The maximum Gasteiger partial charge on any atom is 0.145 e. The Morgan fingerprint density at radius 2 is 1.80 bits per heavy atom. The van der Waals surface area contributed by atoms with Crippen molar-refractivity contribution in [3.05, 3.63) is 28.4 Å². The average Bonchev–Trinajstić information content (AvgIpc) is 2.43. The molecule has 0 saturated heterocycles. The van der Waals surface area contributed by atoms with Gasteiger partial charge in [-0.15, -0.1) is 0 Å². The Kier molecular flexibility index (Phi) is 3.96. The van der Waals surface area contributed by atoms with E-state index in [4.69, 9.17) is 23.2 Å². The van der Waals surface area contributed by atoms with Gasteiger partial charge in [-0.1, -0.05) is 36.0 Å². The van der Waals surface area contributed by atoms with Crippen LogP contribution in [0, 0.1) is 0 Å². The normalized spacial score (nSPS) is 22.9. The fourth-order valence-corrected chi connectivity index (χ4v) is 2.86. The minimum Gasteiger partial charge on any atom is -0.391 e. The summed E-state index contributed by atoms with van der Waals surface area (Å²) >= 11 is 11.9. The van der Waals surface area contributed by atoms with Crippen LogP contribution in [0.25, 0.3) is 11.0 Å². The molecule has 2 aromatic rings. The summed E-state index contributed by atoms with van der Waals surface area (Å²) in [7, 11) is 0. The summed E-state index contributed by atoms with van der Waals surface area (Å²) in [6.07, 6.45) is 5.32. The molecule has 0 amide bonds. The van der Waals surface area contributed by atoms with Crippen LogP contribution in [0.15, 0.2) is 18.3 Å². The van der Waals surface area contributed by atoms with Gasteiger partial charge in [0.1, 0.15) is 5.82 Å². The van der Waals surface area contributed by atoms with Gasteiger partial charge in [-0.05, 0) is 25.0 Å². The van der Waals surface area contributed by atoms with E-state index in [0.29, 0.717) is 26.9 Å². The molecule has 1 fully saturated rings. The molecule has 0 bridgehead atoms. The molecule has 1 aromatic heterocycles. The van der Waals surface area contributed by atoms with Crippen LogP contribution in [0.4, 0.5) is 5.82 Å². The molecule has 1 aliphatic carbocycles. The molecule has 6 heteroatoms. The Bertz CT molecular complexity index is 635. The predicted octanol–water partition coefficient (Wildman–Crippen LogP) is 3.65. The van der Waals surface area contributed by atoms with E-state index in [1.807, 2.05) is 0 Å². The third kappa shape index (κ3) is 2.82. The van der Waals surface area contributed by atoms with Gasteiger partial charge in [0.2, 0.25) is 0 Å². The van der Waals surface area contributed by atoms with Gasteiger partial charge in [-0.3, -0.25) is 4.98 Å². The molecular weight excluding hydrogens is 297 g/mol. The molecule has 3 rings (SSSR count). The quantitative estimate of drug-likeness (QED) is 0.888. The van der Waals surface area contributed by atoms with Crippen LogP contribution < -0.4 is 5.32 Å². The largest absolute Gasteiger partial charge is 0.391 e. The fraction of sp³-hybridized carbons (Fsp3) is 0.429. The Labute approximate surface area is 127 Å². The highest BCUT2D eigenvalue weighted by Crippen LogP contribution is 2.27. The van der Waals surface area contributed by atoms with E-state index < -0.39 is 0 Å². The van der Waals surface area contributed by atoms with Crippen LogP contribution in [-0.2, 0) is 0 Å². The second-order valence-electron chi connectivity index (χ2n) is 5.11. The Hall–Kier alpha value is -1.10. The standard InChI is InChI=1S/C14H15Cl2N3O/c15-8-5-11-12(6-9(8)16)19-14(7-17-11)18-10-3-1-2-4-13(10)20/h5-7,10,13,20H,1-4H2,(H,18,19)/t10-,13-/m0/s1. The first-order valence-electron chi connectivity index (χ1n) is 6.70. The third-order valence-corrected chi connectivity index (χ3v) is 4.37. The molecule has 106 valence electrons. The summed E-state index contributed by atoms with van der Waals surface area (Å²) in [5.74, 6) is 0.654. The number of rotatable bonds is 2. The molecule has 2 N–H and O–H groups in total. The number of fused-ring (bicyclic) bond motifs is 1. The number of aliphatic hydroxyl groups excluding tert-OH is 1. The monoisotopic (exact) mass is 311 g/mol. The number of hydrogen-bond acceptors (Lipinski definition) is 4. The van der Waals surface area contributed by atoms with Gasteiger partial charge in [0.05, 0.1) is 39.4 Å². The number of aliphatic hydroxyl groups is 1. The van der Waals surface area contributed by atoms with Crippen LogP contribution in [0.5, 0.6) is 0 Å². The van der Waals surface area contributed by atoms with E-state index in [0.717, 1.165) is 25.7 Å². The molecule has 1 saturated carbocycles. The van der Waals surface area contributed by atoms with Crippen LogP contribution in [0.2, 0.25) is 10.0 Å². The molecule has 0 spiro atoms. The summed E-state index contributed by atoms with van der Waals surface area (Å²) in [4.78, 5) is 8.80. The van der Waals surface area contributed by atoms with Crippen molar-refractivity contribution in [2.75, 3.05) is 5.32 Å². The predicted molar refractivity (Wildman–Crippen MR) is 81.4 cm³/mol. The first kappa shape index (κ1) is 13.9. The number of nitrogens with one attached hydrogen (secondary N) is 1. The van der Waals surface area contributed by atoms with Crippen molar-refractivity contribution >= 4 is 40.1 Å². The van der Waals surface area contributed by atoms with Crippen LogP contribution in [-0.4, -0.2) is 27.2 Å². The van der Waals surface area contributed by atoms with Crippen molar-refractivity contribution in [3.8, 4) is 0 Å². The Morgan fingerprint density at radius 1 is 1.10 bits per heavy atom. The number of halogens is 2. The van der Waals surface area contributed by atoms with E-state index in [1.54, 1.807) is 18.3 Å². The SMILES string of the molecule is O[C@H]1CCCC[C@@H]1Nc1cnc2cc(Cl)c(Cl)cc2n1. The first-order valence-corrected chi connectivity index (χ1v) is 7.45. The highest BCUT2D eigenvalue weighted by molar-refractivity contribution is 6.42. The molecule has 1 aromatic carbocycles. The van der Waals surface area contributed by atoms with Crippen molar-refractivity contribution in [3.63, 3.8) is 0 Å². The van der Waals surface area contributed by atoms with Crippen molar-refractivity contribution in [2.24, 2.45) is 0 Å². The van der Waals surface area contributed by atoms with Gasteiger partial charge in [0.25, 0.3) is 0 Å². The summed E-state index contributed by atoms with van der Waals surface area (Å²) in [5.41, 5.74) is 1.39. The molecule has 1 aliphatic rings. The summed E-state index contributed by atoms with van der Waals surface area (Å²) < 4.78 is 0. The van der Waals surface area contributed by atoms with E-state index in [-0.39, 0.29) is 12.1 Å². The van der Waals surface area contributed by atoms with Gasteiger partial charge in [0.15, 0.2) is 0 Å². The number of aromatic nitrogens is 2. The van der Waals surface area contributed by atoms with Crippen LogP contribution >= 0.6 is 23.2 Å². The summed E-state index contributed by atoms with van der Waals surface area (Å²) in [6.45, 7) is 0. The molecule has 1 heterocycles. The minimum atomic E-state index is -0.324. The lowest BCUT2D eigenvalue weighted by Crippen LogP contribution is -2.36. The molecule has 0 aliphatic heterocycles. The van der Waals surface area contributed by atoms with Crippen molar-refractivity contribution < 1.29 is 5.11 Å². The van der Waals surface area contributed by atoms with Gasteiger partial charge >= 0.3 is 0 Å². The highest BCUT2D eigenvalue weighted by Gasteiger charge is 2.23. The molecule has 4 nitrogen and oxygen atoms in total. The lowest BCUT2D eigenvalue weighted by atomic mass is 9.93. The summed E-state index contributed by atoms with van der Waals surface area (Å²) in [5, 5.41) is 14.2. The maximum atomic E-state index is 9.97. The maximum absolute atomic E-state index is 9.97. The summed E-state index contributed by atoms with van der Waals surface area (Å²) in [6, 6.07) is 3.44. The topological polar surface area (TPSA) is 58.0 Å². The van der Waals surface area contributed by atoms with Crippen LogP contribution in [0.3, 0.4) is 0 Å². The van der Waals surface area contributed by atoms with E-state index in [9.17, 15) is 5.11 Å². The molecule has 20 heavy (non-hydrogen) atoms. The van der Waals surface area contributed by atoms with Gasteiger partial charge in [-0.25, -0.2) is 4.98 Å². The molecule has 0 radical (unpaired) electrons. The lowest BCUT2D eigenvalue weighted by molar-refractivity contribution is 0.116. The highest BCUT2D eigenvalue weighted by atomic mass is 35.5. The fourth-order valence-electron chi connectivity index (χ4n) is 2.55. The van der Waals surface area contributed by atoms with Gasteiger partial charge in [0, 0.05) is 0 Å². The van der Waals surface area contributed by atoms with E-state index in [1.165, 1.54) is 0 Å². The lowest BCUT2D eigenvalue weighted by Gasteiger charge is -2.28. The number of hydrogen-bond donors (Lipinski definition) is 2. The molecule has 2 atom stereocenters.